The normalized spacial score (nSPS) is 16.9. The van der Waals surface area contributed by atoms with Crippen LogP contribution in [0.1, 0.15) is 17.9 Å². The molecule has 0 aliphatic heterocycles. The van der Waals surface area contributed by atoms with E-state index >= 15 is 0 Å². The van der Waals surface area contributed by atoms with Crippen molar-refractivity contribution in [3.63, 3.8) is 0 Å². The second-order valence-electron chi connectivity index (χ2n) is 7.27. The number of aromatic nitrogens is 2. The molecule has 0 radical (unpaired) electrons. The number of para-hydroxylation sites is 1. The first-order valence-electron chi connectivity index (χ1n) is 9.58. The first-order valence-corrected chi connectivity index (χ1v) is 9.58. The predicted molar refractivity (Wildman–Crippen MR) is 114 cm³/mol. The van der Waals surface area contributed by atoms with Crippen LogP contribution in [-0.2, 0) is 0 Å². The molecule has 1 aliphatic rings. The Hall–Kier alpha value is -3.59. The van der Waals surface area contributed by atoms with E-state index in [-0.39, 0.29) is 0 Å². The number of hydrogen-bond acceptors (Lipinski definition) is 2. The zero-order valence-electron chi connectivity index (χ0n) is 15.2. The summed E-state index contributed by atoms with van der Waals surface area (Å²) in [5.74, 6) is 0.370. The third-order valence-corrected chi connectivity index (χ3v) is 5.71. The van der Waals surface area contributed by atoms with E-state index in [1.54, 1.807) is 6.26 Å². The SMILES string of the molecule is C1=CC(c2cccnc2)CC=C1n1c2ccccc2c2ccc3ccoc3c21. The Kier molecular flexibility index (Phi) is 3.29. The molecular weight excluding hydrogens is 344 g/mol. The van der Waals surface area contributed by atoms with Gasteiger partial charge in [0.25, 0.3) is 0 Å². The van der Waals surface area contributed by atoms with Crippen molar-refractivity contribution in [2.24, 2.45) is 0 Å². The highest BCUT2D eigenvalue weighted by Crippen LogP contribution is 2.38. The van der Waals surface area contributed by atoms with Crippen LogP contribution >= 0.6 is 0 Å². The van der Waals surface area contributed by atoms with Crippen LogP contribution < -0.4 is 0 Å². The van der Waals surface area contributed by atoms with Gasteiger partial charge in [-0.25, -0.2) is 0 Å². The summed E-state index contributed by atoms with van der Waals surface area (Å²) in [6, 6.07) is 19.1. The van der Waals surface area contributed by atoms with Crippen LogP contribution in [0.2, 0.25) is 0 Å². The highest BCUT2D eigenvalue weighted by molar-refractivity contribution is 6.17. The fraction of sp³-hybridized carbons (Fsp3) is 0.0800. The van der Waals surface area contributed by atoms with E-state index in [0.29, 0.717) is 5.92 Å². The molecule has 3 heterocycles. The van der Waals surface area contributed by atoms with Crippen LogP contribution in [0.3, 0.4) is 0 Å². The van der Waals surface area contributed by atoms with E-state index in [2.05, 4.69) is 70.2 Å². The summed E-state index contributed by atoms with van der Waals surface area (Å²) in [5.41, 5.74) is 5.73. The summed E-state index contributed by atoms with van der Waals surface area (Å²) in [7, 11) is 0. The molecule has 6 rings (SSSR count). The van der Waals surface area contributed by atoms with Crippen molar-refractivity contribution in [1.29, 1.82) is 0 Å². The highest BCUT2D eigenvalue weighted by atomic mass is 16.3. The number of benzene rings is 2. The average Bonchev–Trinajstić information content (AvgIpc) is 3.37. The second kappa shape index (κ2) is 5.96. The van der Waals surface area contributed by atoms with Gasteiger partial charge in [0.2, 0.25) is 0 Å². The Morgan fingerprint density at radius 2 is 1.93 bits per heavy atom. The largest absolute Gasteiger partial charge is 0.462 e. The Balaban J connectivity index is 1.57. The topological polar surface area (TPSA) is 31.0 Å². The molecule has 0 fully saturated rings. The molecule has 0 saturated heterocycles. The highest BCUT2D eigenvalue weighted by Gasteiger charge is 2.19. The van der Waals surface area contributed by atoms with Crippen molar-refractivity contribution in [3.8, 4) is 0 Å². The van der Waals surface area contributed by atoms with Crippen molar-refractivity contribution in [3.05, 3.63) is 97.0 Å². The van der Waals surface area contributed by atoms with Gasteiger partial charge in [0, 0.05) is 40.2 Å². The second-order valence-corrected chi connectivity index (χ2v) is 7.27. The lowest BCUT2D eigenvalue weighted by molar-refractivity contribution is 0.618. The van der Waals surface area contributed by atoms with Gasteiger partial charge in [0.1, 0.15) is 0 Å². The minimum atomic E-state index is 0.370. The monoisotopic (exact) mass is 362 g/mol. The summed E-state index contributed by atoms with van der Waals surface area (Å²) in [6.45, 7) is 0. The molecular formula is C25H18N2O. The molecule has 2 aromatic carbocycles. The van der Waals surface area contributed by atoms with Crippen molar-refractivity contribution < 1.29 is 4.42 Å². The first-order chi connectivity index (χ1) is 13.9. The van der Waals surface area contributed by atoms with Crippen LogP contribution in [0.5, 0.6) is 0 Å². The van der Waals surface area contributed by atoms with Crippen LogP contribution in [0.4, 0.5) is 0 Å². The van der Waals surface area contributed by atoms with Gasteiger partial charge in [-0.05, 0) is 36.3 Å². The summed E-state index contributed by atoms with van der Waals surface area (Å²) in [4.78, 5) is 4.27. The van der Waals surface area contributed by atoms with Gasteiger partial charge in [0.05, 0.1) is 17.3 Å². The molecule has 1 aliphatic carbocycles. The van der Waals surface area contributed by atoms with Crippen LogP contribution in [0.25, 0.3) is 38.5 Å². The molecule has 1 atom stereocenters. The van der Waals surface area contributed by atoms with Crippen molar-refractivity contribution in [1.82, 2.24) is 9.55 Å². The van der Waals surface area contributed by atoms with Crippen LogP contribution in [-0.4, -0.2) is 9.55 Å². The lowest BCUT2D eigenvalue weighted by Gasteiger charge is -2.18. The Labute approximate surface area is 162 Å². The van der Waals surface area contributed by atoms with Crippen molar-refractivity contribution in [2.45, 2.75) is 12.3 Å². The smallest absolute Gasteiger partial charge is 0.158 e. The summed E-state index contributed by atoms with van der Waals surface area (Å²) in [5, 5.41) is 3.60. The maximum absolute atomic E-state index is 5.90. The quantitative estimate of drug-likeness (QED) is 0.358. The number of furan rings is 1. The molecule has 5 aromatic rings. The lowest BCUT2D eigenvalue weighted by Crippen LogP contribution is -2.03. The molecule has 3 heteroatoms. The summed E-state index contributed by atoms with van der Waals surface area (Å²) >= 11 is 0. The minimum Gasteiger partial charge on any atom is -0.462 e. The number of nitrogens with zero attached hydrogens (tertiary/aromatic N) is 2. The van der Waals surface area contributed by atoms with E-state index in [4.69, 9.17) is 4.42 Å². The Morgan fingerprint density at radius 3 is 2.79 bits per heavy atom. The Bertz CT molecular complexity index is 1390. The molecule has 3 aromatic heterocycles. The summed E-state index contributed by atoms with van der Waals surface area (Å²) in [6.07, 6.45) is 13.4. The molecule has 1 unspecified atom stereocenters. The van der Waals surface area contributed by atoms with E-state index in [0.717, 1.165) is 22.9 Å². The fourth-order valence-corrected chi connectivity index (χ4v) is 4.36. The maximum Gasteiger partial charge on any atom is 0.158 e. The van der Waals surface area contributed by atoms with Crippen LogP contribution in [0, 0.1) is 0 Å². The molecule has 134 valence electrons. The van der Waals surface area contributed by atoms with Gasteiger partial charge in [-0.15, -0.1) is 0 Å². The predicted octanol–water partition coefficient (Wildman–Crippen LogP) is 6.52. The molecule has 0 saturated carbocycles. The Morgan fingerprint density at radius 1 is 0.964 bits per heavy atom. The van der Waals surface area contributed by atoms with Gasteiger partial charge >= 0.3 is 0 Å². The van der Waals surface area contributed by atoms with Gasteiger partial charge < -0.3 is 8.98 Å². The van der Waals surface area contributed by atoms with E-state index in [1.807, 2.05) is 24.5 Å². The molecule has 0 bridgehead atoms. The number of rotatable bonds is 2. The van der Waals surface area contributed by atoms with Gasteiger partial charge in [-0.2, -0.15) is 0 Å². The molecule has 0 spiro atoms. The third-order valence-electron chi connectivity index (χ3n) is 5.71. The lowest BCUT2D eigenvalue weighted by atomic mass is 9.93. The first kappa shape index (κ1) is 15.5. The zero-order chi connectivity index (χ0) is 18.5. The number of fused-ring (bicyclic) bond motifs is 5. The van der Waals surface area contributed by atoms with Crippen LogP contribution in [0.15, 0.2) is 95.9 Å². The number of allylic oxidation sites excluding steroid dienone is 4. The standard InChI is InChI=1S/C25H18N2O/c1-2-6-23-21(5-1)22-12-9-18-13-15-28-25(18)24(22)27(23)20-10-7-17(8-11-20)19-4-3-14-26-16-19/h1-7,9-17H,8H2. The van der Waals surface area contributed by atoms with E-state index in [9.17, 15) is 0 Å². The maximum atomic E-state index is 5.90. The number of pyridine rings is 1. The number of hydrogen-bond donors (Lipinski definition) is 0. The summed E-state index contributed by atoms with van der Waals surface area (Å²) < 4.78 is 8.24. The minimum absolute atomic E-state index is 0.370. The van der Waals surface area contributed by atoms with Gasteiger partial charge in [0.15, 0.2) is 5.58 Å². The van der Waals surface area contributed by atoms with Gasteiger partial charge in [-0.1, -0.05) is 48.6 Å². The van der Waals surface area contributed by atoms with Crippen molar-refractivity contribution in [2.75, 3.05) is 0 Å². The molecule has 28 heavy (non-hydrogen) atoms. The third kappa shape index (κ3) is 2.20. The fourth-order valence-electron chi connectivity index (χ4n) is 4.36. The average molecular weight is 362 g/mol. The molecule has 0 amide bonds. The zero-order valence-corrected chi connectivity index (χ0v) is 15.2. The molecule has 3 nitrogen and oxygen atoms in total. The van der Waals surface area contributed by atoms with Crippen molar-refractivity contribution >= 4 is 38.5 Å². The van der Waals surface area contributed by atoms with E-state index < -0.39 is 0 Å². The van der Waals surface area contributed by atoms with E-state index in [1.165, 1.54) is 27.5 Å². The van der Waals surface area contributed by atoms with Gasteiger partial charge in [-0.3, -0.25) is 4.98 Å². The molecule has 0 N–H and O–H groups in total.